The number of aliphatic carboxylic acids is 1. The minimum Gasteiger partial charge on any atom is -0.481 e. The van der Waals surface area contributed by atoms with Crippen LogP contribution in [0.15, 0.2) is 12.4 Å². The quantitative estimate of drug-likeness (QED) is 0.848. The lowest BCUT2D eigenvalue weighted by Gasteiger charge is -2.35. The highest BCUT2D eigenvalue weighted by atomic mass is 16.4. The molecule has 1 aromatic heterocycles. The van der Waals surface area contributed by atoms with Crippen LogP contribution in [0, 0.1) is 5.41 Å². The zero-order valence-corrected chi connectivity index (χ0v) is 11.2. The molecule has 0 atom stereocenters. The molecule has 1 fully saturated rings. The van der Waals surface area contributed by atoms with Gasteiger partial charge >= 0.3 is 5.97 Å². The Morgan fingerprint density at radius 1 is 1.20 bits per heavy atom. The van der Waals surface area contributed by atoms with Crippen molar-refractivity contribution in [2.24, 2.45) is 5.41 Å². The highest BCUT2D eigenvalue weighted by Gasteiger charge is 2.36. The van der Waals surface area contributed by atoms with Gasteiger partial charge in [-0.3, -0.25) is 14.9 Å². The van der Waals surface area contributed by atoms with Gasteiger partial charge in [0.15, 0.2) is 0 Å². The van der Waals surface area contributed by atoms with Gasteiger partial charge in [-0.1, -0.05) is 19.3 Å². The topological polar surface area (TPSA) is 105 Å². The number of amides is 1. The number of carboxylic acids is 1. The van der Waals surface area contributed by atoms with Crippen LogP contribution < -0.4 is 5.32 Å². The molecule has 1 amide bonds. The number of carbonyl (C=O) groups is 2. The summed E-state index contributed by atoms with van der Waals surface area (Å²) < 4.78 is 0. The lowest BCUT2D eigenvalue weighted by atomic mass is 9.69. The largest absolute Gasteiger partial charge is 0.481 e. The predicted molar refractivity (Wildman–Crippen MR) is 70.8 cm³/mol. The van der Waals surface area contributed by atoms with Crippen LogP contribution >= 0.6 is 0 Å². The molecular weight excluding hydrogens is 260 g/mol. The number of nitrogens with zero attached hydrogens (tertiary/aromatic N) is 3. The van der Waals surface area contributed by atoms with E-state index in [1.807, 2.05) is 0 Å². The molecule has 7 nitrogen and oxygen atoms in total. The van der Waals surface area contributed by atoms with Crippen molar-refractivity contribution in [1.29, 1.82) is 0 Å². The van der Waals surface area contributed by atoms with Crippen molar-refractivity contribution < 1.29 is 14.7 Å². The molecule has 0 saturated heterocycles. The number of anilines is 1. The third-order valence-corrected chi connectivity index (χ3v) is 3.71. The van der Waals surface area contributed by atoms with Crippen LogP contribution in [-0.2, 0) is 9.59 Å². The van der Waals surface area contributed by atoms with E-state index in [4.69, 9.17) is 5.11 Å². The van der Waals surface area contributed by atoms with E-state index in [0.717, 1.165) is 32.1 Å². The number of hydrogen-bond acceptors (Lipinski definition) is 5. The average molecular weight is 278 g/mol. The lowest BCUT2D eigenvalue weighted by Crippen LogP contribution is -2.32. The molecule has 108 valence electrons. The maximum atomic E-state index is 12.1. The molecule has 0 aliphatic heterocycles. The van der Waals surface area contributed by atoms with Crippen LogP contribution in [-0.4, -0.2) is 32.2 Å². The van der Waals surface area contributed by atoms with Crippen molar-refractivity contribution in [3.63, 3.8) is 0 Å². The van der Waals surface area contributed by atoms with Gasteiger partial charge in [0.2, 0.25) is 11.9 Å². The number of aromatic nitrogens is 3. The third-order valence-electron chi connectivity index (χ3n) is 3.71. The van der Waals surface area contributed by atoms with Crippen LogP contribution in [0.5, 0.6) is 0 Å². The van der Waals surface area contributed by atoms with Crippen molar-refractivity contribution in [3.05, 3.63) is 12.4 Å². The Kier molecular flexibility index (Phi) is 4.60. The summed E-state index contributed by atoms with van der Waals surface area (Å²) >= 11 is 0. The molecule has 1 aliphatic rings. The smallest absolute Gasteiger partial charge is 0.303 e. The molecule has 1 heterocycles. The van der Waals surface area contributed by atoms with Gasteiger partial charge in [-0.2, -0.15) is 5.10 Å². The van der Waals surface area contributed by atoms with E-state index in [0.29, 0.717) is 0 Å². The van der Waals surface area contributed by atoms with Crippen LogP contribution in [0.1, 0.15) is 44.9 Å². The number of rotatable bonds is 5. The monoisotopic (exact) mass is 278 g/mol. The molecule has 2 N–H and O–H groups in total. The molecule has 0 bridgehead atoms. The van der Waals surface area contributed by atoms with Crippen molar-refractivity contribution in [1.82, 2.24) is 15.2 Å². The van der Waals surface area contributed by atoms with E-state index in [9.17, 15) is 9.59 Å². The van der Waals surface area contributed by atoms with Gasteiger partial charge < -0.3 is 5.11 Å². The van der Waals surface area contributed by atoms with Gasteiger partial charge in [0, 0.05) is 6.42 Å². The zero-order chi connectivity index (χ0) is 14.4. The summed E-state index contributed by atoms with van der Waals surface area (Å²) in [4.78, 5) is 27.0. The van der Waals surface area contributed by atoms with Crippen LogP contribution in [0.25, 0.3) is 0 Å². The number of hydrogen-bond donors (Lipinski definition) is 2. The van der Waals surface area contributed by atoms with E-state index in [1.54, 1.807) is 0 Å². The Balaban J connectivity index is 2.00. The Bertz CT molecular complexity index is 472. The molecule has 0 aromatic carbocycles. The van der Waals surface area contributed by atoms with Crippen molar-refractivity contribution >= 4 is 17.8 Å². The Labute approximate surface area is 116 Å². The molecule has 1 aromatic rings. The van der Waals surface area contributed by atoms with Crippen LogP contribution in [0.4, 0.5) is 5.95 Å². The molecular formula is C13H18N4O3. The Hall–Kier alpha value is -2.05. The third kappa shape index (κ3) is 3.97. The van der Waals surface area contributed by atoms with Crippen LogP contribution in [0.3, 0.4) is 0 Å². The number of nitrogens with one attached hydrogen (secondary N) is 1. The normalized spacial score (nSPS) is 17.4. The van der Waals surface area contributed by atoms with Gasteiger partial charge in [0.05, 0.1) is 18.8 Å². The highest BCUT2D eigenvalue weighted by Crippen LogP contribution is 2.42. The van der Waals surface area contributed by atoms with Gasteiger partial charge in [-0.05, 0) is 18.3 Å². The summed E-state index contributed by atoms with van der Waals surface area (Å²) in [5, 5.41) is 19.0. The summed E-state index contributed by atoms with van der Waals surface area (Å²) in [6, 6.07) is 0. The van der Waals surface area contributed by atoms with E-state index >= 15 is 0 Å². The minimum absolute atomic E-state index is 0.0360. The van der Waals surface area contributed by atoms with E-state index in [-0.39, 0.29) is 24.7 Å². The maximum absolute atomic E-state index is 12.1. The summed E-state index contributed by atoms with van der Waals surface area (Å²) in [5.74, 6) is -0.947. The maximum Gasteiger partial charge on any atom is 0.303 e. The molecule has 2 rings (SSSR count). The van der Waals surface area contributed by atoms with Gasteiger partial charge in [0.1, 0.15) is 0 Å². The highest BCUT2D eigenvalue weighted by molar-refractivity contribution is 5.89. The fourth-order valence-corrected chi connectivity index (χ4v) is 2.85. The Morgan fingerprint density at radius 2 is 1.95 bits per heavy atom. The standard InChI is InChI=1S/C13H18N4O3/c18-10(16-12-14-6-7-15-17-12)8-13(9-11(19)20)4-2-1-3-5-13/h6-7H,1-5,8-9H2,(H,19,20)(H,14,16,17,18). The van der Waals surface area contributed by atoms with Crippen molar-refractivity contribution in [3.8, 4) is 0 Å². The summed E-state index contributed by atoms with van der Waals surface area (Å²) in [5.41, 5.74) is -0.434. The van der Waals surface area contributed by atoms with Gasteiger partial charge in [-0.15, -0.1) is 5.10 Å². The average Bonchev–Trinajstić information content (AvgIpc) is 2.39. The summed E-state index contributed by atoms with van der Waals surface area (Å²) in [7, 11) is 0. The van der Waals surface area contributed by atoms with E-state index < -0.39 is 11.4 Å². The first-order chi connectivity index (χ1) is 9.60. The molecule has 0 spiro atoms. The summed E-state index contributed by atoms with van der Waals surface area (Å²) in [6.07, 6.45) is 7.70. The van der Waals surface area contributed by atoms with Crippen molar-refractivity contribution in [2.45, 2.75) is 44.9 Å². The molecule has 0 radical (unpaired) electrons. The fraction of sp³-hybridized carbons (Fsp3) is 0.615. The second-order valence-electron chi connectivity index (χ2n) is 5.32. The second-order valence-corrected chi connectivity index (χ2v) is 5.32. The van der Waals surface area contributed by atoms with E-state index in [2.05, 4.69) is 20.5 Å². The first kappa shape index (κ1) is 14.4. The minimum atomic E-state index is -0.850. The van der Waals surface area contributed by atoms with Gasteiger partial charge in [0.25, 0.3) is 0 Å². The SMILES string of the molecule is O=C(O)CC1(CC(=O)Nc2nccnn2)CCCCC1. The number of carbonyl (C=O) groups excluding carboxylic acids is 1. The molecule has 1 aliphatic carbocycles. The molecule has 0 unspecified atom stereocenters. The van der Waals surface area contributed by atoms with Crippen LogP contribution in [0.2, 0.25) is 0 Å². The predicted octanol–water partition coefficient (Wildman–Crippen LogP) is 1.63. The lowest BCUT2D eigenvalue weighted by molar-refractivity contribution is -0.140. The summed E-state index contributed by atoms with van der Waals surface area (Å²) in [6.45, 7) is 0. The Morgan fingerprint density at radius 3 is 2.55 bits per heavy atom. The van der Waals surface area contributed by atoms with Crippen molar-refractivity contribution in [2.75, 3.05) is 5.32 Å². The first-order valence-electron chi connectivity index (χ1n) is 6.75. The second kappa shape index (κ2) is 6.40. The molecule has 7 heteroatoms. The molecule has 1 saturated carbocycles. The zero-order valence-electron chi connectivity index (χ0n) is 11.2. The van der Waals surface area contributed by atoms with Gasteiger partial charge in [-0.25, -0.2) is 4.98 Å². The molecule has 20 heavy (non-hydrogen) atoms. The first-order valence-corrected chi connectivity index (χ1v) is 6.75. The van der Waals surface area contributed by atoms with E-state index in [1.165, 1.54) is 12.4 Å². The fourth-order valence-electron chi connectivity index (χ4n) is 2.85. The number of carboxylic acid groups (broad SMARTS) is 1.